The molecule has 0 saturated heterocycles. The van der Waals surface area contributed by atoms with E-state index in [1.165, 1.54) is 0 Å². The minimum absolute atomic E-state index is 0.121. The lowest BCUT2D eigenvalue weighted by Crippen LogP contribution is -2.19. The van der Waals surface area contributed by atoms with E-state index >= 15 is 0 Å². The van der Waals surface area contributed by atoms with Crippen LogP contribution in [0.15, 0.2) is 78.9 Å². The van der Waals surface area contributed by atoms with Gasteiger partial charge in [0.05, 0.1) is 5.57 Å². The predicted octanol–water partition coefficient (Wildman–Crippen LogP) is 5.29. The highest BCUT2D eigenvalue weighted by atomic mass is 16.5. The highest BCUT2D eigenvalue weighted by Crippen LogP contribution is 2.31. The summed E-state index contributed by atoms with van der Waals surface area (Å²) in [6.45, 7) is 3.45. The third kappa shape index (κ3) is 6.22. The number of ether oxygens (including phenoxy) is 1. The first kappa shape index (κ1) is 23.1. The Bertz CT molecular complexity index is 1060. The largest absolute Gasteiger partial charge is 0.508 e. The number of phenols is 1. The van der Waals surface area contributed by atoms with Crippen molar-refractivity contribution in [2.45, 2.75) is 13.3 Å². The van der Waals surface area contributed by atoms with Crippen molar-refractivity contribution in [2.75, 3.05) is 32.6 Å². The molecule has 0 unspecified atom stereocenters. The number of amides is 1. The van der Waals surface area contributed by atoms with Gasteiger partial charge in [0.25, 0.3) is 5.91 Å². The van der Waals surface area contributed by atoms with Crippen molar-refractivity contribution < 1.29 is 14.6 Å². The van der Waals surface area contributed by atoms with E-state index in [1.54, 1.807) is 18.2 Å². The molecule has 5 heteroatoms. The molecule has 32 heavy (non-hydrogen) atoms. The van der Waals surface area contributed by atoms with E-state index in [0.717, 1.165) is 23.4 Å². The molecule has 3 rings (SSSR count). The van der Waals surface area contributed by atoms with Gasteiger partial charge in [0.15, 0.2) is 0 Å². The highest BCUT2D eigenvalue weighted by Gasteiger charge is 2.19. The molecule has 0 saturated carbocycles. The van der Waals surface area contributed by atoms with Gasteiger partial charge in [0, 0.05) is 12.2 Å². The Morgan fingerprint density at radius 1 is 0.938 bits per heavy atom. The third-order valence-corrected chi connectivity index (χ3v) is 5.06. The van der Waals surface area contributed by atoms with E-state index in [1.807, 2.05) is 81.7 Å². The van der Waals surface area contributed by atoms with Crippen molar-refractivity contribution in [3.05, 3.63) is 90.0 Å². The predicted molar refractivity (Wildman–Crippen MR) is 131 cm³/mol. The first-order valence-corrected chi connectivity index (χ1v) is 10.7. The molecular weight excluding hydrogens is 400 g/mol. The van der Waals surface area contributed by atoms with Crippen LogP contribution in [-0.4, -0.2) is 43.2 Å². The van der Waals surface area contributed by atoms with Gasteiger partial charge in [-0.15, -0.1) is 0 Å². The number of carbonyl (C=O) groups is 1. The SMILES string of the molecule is CC/C(=C(/C(=O)Nc1ccc(OCCN(C)C)cc1)c1cccc(O)c1)c1ccccc1. The molecule has 0 radical (unpaired) electrons. The molecular formula is C27H30N2O3. The van der Waals surface area contributed by atoms with Gasteiger partial charge in [-0.3, -0.25) is 4.79 Å². The molecule has 1 amide bonds. The zero-order valence-electron chi connectivity index (χ0n) is 18.8. The van der Waals surface area contributed by atoms with Crippen molar-refractivity contribution in [1.29, 1.82) is 0 Å². The molecule has 0 atom stereocenters. The van der Waals surface area contributed by atoms with Crippen molar-refractivity contribution in [3.63, 3.8) is 0 Å². The Balaban J connectivity index is 1.89. The fraction of sp³-hybridized carbons (Fsp3) is 0.222. The molecule has 166 valence electrons. The second-order valence-electron chi connectivity index (χ2n) is 7.75. The molecule has 3 aromatic rings. The van der Waals surface area contributed by atoms with Gasteiger partial charge in [0.2, 0.25) is 0 Å². The highest BCUT2D eigenvalue weighted by molar-refractivity contribution is 6.31. The maximum Gasteiger partial charge on any atom is 0.256 e. The van der Waals surface area contributed by atoms with Crippen LogP contribution in [0.25, 0.3) is 11.1 Å². The van der Waals surface area contributed by atoms with Crippen LogP contribution in [0, 0.1) is 0 Å². The van der Waals surface area contributed by atoms with Gasteiger partial charge in [-0.1, -0.05) is 49.4 Å². The van der Waals surface area contributed by atoms with Crippen LogP contribution in [0.2, 0.25) is 0 Å². The summed E-state index contributed by atoms with van der Waals surface area (Å²) in [5.74, 6) is 0.653. The van der Waals surface area contributed by atoms with E-state index in [9.17, 15) is 9.90 Å². The van der Waals surface area contributed by atoms with Crippen LogP contribution in [0.3, 0.4) is 0 Å². The summed E-state index contributed by atoms with van der Waals surface area (Å²) in [6, 6.07) is 24.0. The number of likely N-dealkylation sites (N-methyl/N-ethyl adjacent to an activating group) is 1. The molecule has 0 aromatic heterocycles. The number of carbonyl (C=O) groups excluding carboxylic acids is 1. The Kier molecular flexibility index (Phi) is 8.06. The fourth-order valence-electron chi connectivity index (χ4n) is 3.44. The number of benzene rings is 3. The molecule has 0 aliphatic carbocycles. The average molecular weight is 431 g/mol. The van der Waals surface area contributed by atoms with E-state index in [4.69, 9.17) is 4.74 Å². The second kappa shape index (κ2) is 11.2. The summed E-state index contributed by atoms with van der Waals surface area (Å²) >= 11 is 0. The molecule has 3 aromatic carbocycles. The van der Waals surface area contributed by atoms with E-state index in [-0.39, 0.29) is 11.7 Å². The second-order valence-corrected chi connectivity index (χ2v) is 7.75. The molecule has 0 aliphatic heterocycles. The molecule has 2 N–H and O–H groups in total. The standard InChI is InChI=1S/C27H30N2O3/c1-4-25(20-9-6-5-7-10-20)26(21-11-8-12-23(30)19-21)27(31)28-22-13-15-24(16-14-22)32-18-17-29(2)3/h5-16,19,30H,4,17-18H2,1-3H3,(H,28,31)/b26-25-. The van der Waals surface area contributed by atoms with E-state index in [2.05, 4.69) is 10.2 Å². The Morgan fingerprint density at radius 2 is 1.62 bits per heavy atom. The summed E-state index contributed by atoms with van der Waals surface area (Å²) in [5.41, 5.74) is 3.79. The minimum atomic E-state index is -0.224. The third-order valence-electron chi connectivity index (χ3n) is 5.06. The van der Waals surface area contributed by atoms with E-state index < -0.39 is 0 Å². The van der Waals surface area contributed by atoms with Gasteiger partial charge >= 0.3 is 0 Å². The van der Waals surface area contributed by atoms with Gasteiger partial charge < -0.3 is 20.1 Å². The monoisotopic (exact) mass is 430 g/mol. The number of nitrogens with zero attached hydrogens (tertiary/aromatic N) is 1. The molecule has 0 fully saturated rings. The van der Waals surface area contributed by atoms with Crippen molar-refractivity contribution >= 4 is 22.7 Å². The minimum Gasteiger partial charge on any atom is -0.508 e. The topological polar surface area (TPSA) is 61.8 Å². The van der Waals surface area contributed by atoms with Crippen LogP contribution >= 0.6 is 0 Å². The van der Waals surface area contributed by atoms with Gasteiger partial charge in [-0.2, -0.15) is 0 Å². The van der Waals surface area contributed by atoms with Crippen LogP contribution in [0.1, 0.15) is 24.5 Å². The molecule has 5 nitrogen and oxygen atoms in total. The van der Waals surface area contributed by atoms with Crippen molar-refractivity contribution in [1.82, 2.24) is 4.90 Å². The van der Waals surface area contributed by atoms with Gasteiger partial charge in [-0.05, 0) is 73.6 Å². The van der Waals surface area contributed by atoms with E-state index in [0.29, 0.717) is 29.9 Å². The lowest BCUT2D eigenvalue weighted by molar-refractivity contribution is -0.111. The number of phenolic OH excluding ortho intramolecular Hbond substituents is 1. The smallest absolute Gasteiger partial charge is 0.256 e. The number of anilines is 1. The first-order valence-electron chi connectivity index (χ1n) is 10.7. The number of hydrogen-bond acceptors (Lipinski definition) is 4. The quantitative estimate of drug-likeness (QED) is 0.358. The summed E-state index contributed by atoms with van der Waals surface area (Å²) in [7, 11) is 4.00. The Labute approximate surface area is 190 Å². The zero-order chi connectivity index (χ0) is 22.9. The molecule has 0 bridgehead atoms. The van der Waals surface area contributed by atoms with Gasteiger partial charge in [-0.25, -0.2) is 0 Å². The number of nitrogens with one attached hydrogen (secondary N) is 1. The number of aromatic hydroxyl groups is 1. The molecule has 0 spiro atoms. The van der Waals surface area contributed by atoms with Crippen molar-refractivity contribution in [2.24, 2.45) is 0 Å². The maximum atomic E-state index is 13.4. The molecule has 0 heterocycles. The van der Waals surface area contributed by atoms with Crippen LogP contribution in [0.5, 0.6) is 11.5 Å². The van der Waals surface area contributed by atoms with Crippen LogP contribution in [0.4, 0.5) is 5.69 Å². The number of allylic oxidation sites excluding steroid dienone is 1. The van der Waals surface area contributed by atoms with Crippen LogP contribution in [-0.2, 0) is 4.79 Å². The summed E-state index contributed by atoms with van der Waals surface area (Å²) in [4.78, 5) is 15.5. The average Bonchev–Trinajstić information content (AvgIpc) is 2.78. The van der Waals surface area contributed by atoms with Gasteiger partial charge in [0.1, 0.15) is 18.1 Å². The van der Waals surface area contributed by atoms with Crippen LogP contribution < -0.4 is 10.1 Å². The fourth-order valence-corrected chi connectivity index (χ4v) is 3.44. The summed E-state index contributed by atoms with van der Waals surface area (Å²) < 4.78 is 5.73. The number of rotatable bonds is 9. The molecule has 0 aliphatic rings. The number of hydrogen-bond donors (Lipinski definition) is 2. The maximum absolute atomic E-state index is 13.4. The summed E-state index contributed by atoms with van der Waals surface area (Å²) in [6.07, 6.45) is 0.668. The summed E-state index contributed by atoms with van der Waals surface area (Å²) in [5, 5.41) is 13.0. The lowest BCUT2D eigenvalue weighted by atomic mass is 9.92. The van der Waals surface area contributed by atoms with Crippen molar-refractivity contribution in [3.8, 4) is 11.5 Å². The zero-order valence-corrected chi connectivity index (χ0v) is 18.8. The first-order chi connectivity index (χ1) is 15.5. The normalized spacial score (nSPS) is 11.8. The lowest BCUT2D eigenvalue weighted by Gasteiger charge is -2.16. The Morgan fingerprint density at radius 3 is 2.25 bits per heavy atom. The Hall–Kier alpha value is -3.57.